The van der Waals surface area contributed by atoms with E-state index in [0.717, 1.165) is 11.4 Å². The maximum atomic E-state index is 11.9. The van der Waals surface area contributed by atoms with Gasteiger partial charge in [-0.3, -0.25) is 4.79 Å². The molecule has 0 fully saturated rings. The molecule has 0 aliphatic heterocycles. The van der Waals surface area contributed by atoms with Gasteiger partial charge >= 0.3 is 0 Å². The Kier molecular flexibility index (Phi) is 4.06. The summed E-state index contributed by atoms with van der Waals surface area (Å²) in [6.45, 7) is 4.11. The van der Waals surface area contributed by atoms with Crippen molar-refractivity contribution in [2.45, 2.75) is 20.3 Å². The molecule has 2 aromatic heterocycles. The molecule has 2 rings (SSSR count). The van der Waals surface area contributed by atoms with Crippen LogP contribution in [0.4, 0.5) is 5.13 Å². The van der Waals surface area contributed by atoms with Crippen LogP contribution in [-0.4, -0.2) is 27.4 Å². The number of nitrogens with one attached hydrogen (secondary N) is 1. The average Bonchev–Trinajstić information content (AvgIpc) is 2.73. The van der Waals surface area contributed by atoms with Crippen LogP contribution in [0.2, 0.25) is 0 Å². The standard InChI is InChI=1S/C12H15N5OS/c1-7-5-10(16-8(2)15-7)11(18)14-4-3-9-6-19-12(13)17-9/h5-6H,3-4H2,1-2H3,(H2,13,17)(H,14,18). The highest BCUT2D eigenvalue weighted by molar-refractivity contribution is 7.13. The lowest BCUT2D eigenvalue weighted by Gasteiger charge is -2.05. The summed E-state index contributed by atoms with van der Waals surface area (Å²) in [6, 6.07) is 1.67. The number of thiazole rings is 1. The molecule has 0 saturated carbocycles. The second kappa shape index (κ2) is 5.75. The van der Waals surface area contributed by atoms with Gasteiger partial charge in [-0.25, -0.2) is 15.0 Å². The van der Waals surface area contributed by atoms with Crippen LogP contribution in [0.1, 0.15) is 27.7 Å². The molecule has 2 aromatic rings. The lowest BCUT2D eigenvalue weighted by atomic mass is 10.3. The van der Waals surface area contributed by atoms with Crippen molar-refractivity contribution in [2.24, 2.45) is 0 Å². The fraction of sp³-hybridized carbons (Fsp3) is 0.333. The van der Waals surface area contributed by atoms with Gasteiger partial charge in [0, 0.05) is 24.0 Å². The minimum absolute atomic E-state index is 0.197. The van der Waals surface area contributed by atoms with E-state index in [2.05, 4.69) is 20.3 Å². The number of rotatable bonds is 4. The number of carbonyl (C=O) groups is 1. The van der Waals surface area contributed by atoms with E-state index in [1.165, 1.54) is 11.3 Å². The molecule has 0 aromatic carbocycles. The lowest BCUT2D eigenvalue weighted by Crippen LogP contribution is -2.27. The van der Waals surface area contributed by atoms with Crippen LogP contribution < -0.4 is 11.1 Å². The Morgan fingerprint density at radius 2 is 2.16 bits per heavy atom. The molecule has 1 amide bonds. The van der Waals surface area contributed by atoms with Gasteiger partial charge in [-0.1, -0.05) is 0 Å². The third-order valence-corrected chi connectivity index (χ3v) is 3.16. The van der Waals surface area contributed by atoms with Crippen molar-refractivity contribution < 1.29 is 4.79 Å². The zero-order chi connectivity index (χ0) is 13.8. The van der Waals surface area contributed by atoms with Crippen molar-refractivity contribution in [2.75, 3.05) is 12.3 Å². The smallest absolute Gasteiger partial charge is 0.270 e. The topological polar surface area (TPSA) is 93.8 Å². The summed E-state index contributed by atoms with van der Waals surface area (Å²) in [7, 11) is 0. The molecule has 0 aliphatic rings. The molecule has 0 radical (unpaired) electrons. The highest BCUT2D eigenvalue weighted by Crippen LogP contribution is 2.10. The number of amides is 1. The first-order valence-corrected chi connectivity index (χ1v) is 6.73. The molecule has 7 heteroatoms. The number of nitrogen functional groups attached to an aromatic ring is 1. The van der Waals surface area contributed by atoms with E-state index in [0.29, 0.717) is 29.6 Å². The van der Waals surface area contributed by atoms with Crippen molar-refractivity contribution in [3.63, 3.8) is 0 Å². The van der Waals surface area contributed by atoms with Crippen LogP contribution in [0.25, 0.3) is 0 Å². The first kappa shape index (κ1) is 13.4. The Labute approximate surface area is 115 Å². The molecule has 2 heterocycles. The van der Waals surface area contributed by atoms with Crippen LogP contribution in [0.3, 0.4) is 0 Å². The van der Waals surface area contributed by atoms with Crippen LogP contribution in [-0.2, 0) is 6.42 Å². The molecule has 6 nitrogen and oxygen atoms in total. The number of hydrogen-bond acceptors (Lipinski definition) is 6. The van der Waals surface area contributed by atoms with Crippen LogP contribution in [0.15, 0.2) is 11.4 Å². The van der Waals surface area contributed by atoms with Gasteiger partial charge in [-0.15, -0.1) is 11.3 Å². The first-order chi connectivity index (χ1) is 9.04. The minimum atomic E-state index is -0.197. The molecule has 0 unspecified atom stereocenters. The molecular weight excluding hydrogens is 262 g/mol. The number of aromatic nitrogens is 3. The molecule has 0 atom stereocenters. The summed E-state index contributed by atoms with van der Waals surface area (Å²) in [5, 5.41) is 5.24. The zero-order valence-corrected chi connectivity index (χ0v) is 11.6. The van der Waals surface area contributed by atoms with E-state index < -0.39 is 0 Å². The van der Waals surface area contributed by atoms with Crippen molar-refractivity contribution in [3.8, 4) is 0 Å². The highest BCUT2D eigenvalue weighted by atomic mass is 32.1. The van der Waals surface area contributed by atoms with Crippen molar-refractivity contribution in [3.05, 3.63) is 34.4 Å². The van der Waals surface area contributed by atoms with Crippen molar-refractivity contribution in [1.29, 1.82) is 0 Å². The Hall–Kier alpha value is -2.02. The summed E-state index contributed by atoms with van der Waals surface area (Å²) >= 11 is 1.40. The number of anilines is 1. The van der Waals surface area contributed by atoms with Crippen LogP contribution >= 0.6 is 11.3 Å². The van der Waals surface area contributed by atoms with E-state index in [1.54, 1.807) is 13.0 Å². The summed E-state index contributed by atoms with van der Waals surface area (Å²) in [4.78, 5) is 24.3. The number of nitrogens with two attached hydrogens (primary N) is 1. The normalized spacial score (nSPS) is 10.4. The molecule has 3 N–H and O–H groups in total. The Balaban J connectivity index is 1.90. The predicted octanol–water partition coefficient (Wildman–Crippen LogP) is 1.10. The number of hydrogen-bond donors (Lipinski definition) is 2. The van der Waals surface area contributed by atoms with Gasteiger partial charge in [0.1, 0.15) is 11.5 Å². The summed E-state index contributed by atoms with van der Waals surface area (Å²) < 4.78 is 0. The third-order valence-electron chi connectivity index (χ3n) is 2.43. The number of nitrogens with zero attached hydrogens (tertiary/aromatic N) is 3. The van der Waals surface area contributed by atoms with Crippen LogP contribution in [0, 0.1) is 13.8 Å². The summed E-state index contributed by atoms with van der Waals surface area (Å²) in [6.07, 6.45) is 0.655. The second-order valence-electron chi connectivity index (χ2n) is 4.12. The Morgan fingerprint density at radius 1 is 1.37 bits per heavy atom. The van der Waals surface area contributed by atoms with Gasteiger partial charge in [-0.05, 0) is 19.9 Å². The van der Waals surface area contributed by atoms with E-state index >= 15 is 0 Å². The molecule has 0 aliphatic carbocycles. The molecule has 0 saturated heterocycles. The van der Waals surface area contributed by atoms with Crippen molar-refractivity contribution in [1.82, 2.24) is 20.3 Å². The molecule has 0 bridgehead atoms. The highest BCUT2D eigenvalue weighted by Gasteiger charge is 2.09. The van der Waals surface area contributed by atoms with Gasteiger partial charge in [-0.2, -0.15) is 0 Å². The lowest BCUT2D eigenvalue weighted by molar-refractivity contribution is 0.0948. The largest absolute Gasteiger partial charge is 0.375 e. The van der Waals surface area contributed by atoms with Crippen molar-refractivity contribution >= 4 is 22.4 Å². The van der Waals surface area contributed by atoms with Gasteiger partial charge < -0.3 is 11.1 Å². The summed E-state index contributed by atoms with van der Waals surface area (Å²) in [5.74, 6) is 0.397. The second-order valence-corrected chi connectivity index (χ2v) is 5.01. The van der Waals surface area contributed by atoms with Gasteiger partial charge in [0.25, 0.3) is 5.91 Å². The monoisotopic (exact) mass is 277 g/mol. The molecule has 0 spiro atoms. The fourth-order valence-electron chi connectivity index (χ4n) is 1.67. The number of aryl methyl sites for hydroxylation is 2. The van der Waals surface area contributed by atoms with E-state index in [-0.39, 0.29) is 5.91 Å². The zero-order valence-electron chi connectivity index (χ0n) is 10.8. The Bertz CT molecular complexity index is 575. The summed E-state index contributed by atoms with van der Waals surface area (Å²) in [5.41, 5.74) is 7.60. The minimum Gasteiger partial charge on any atom is -0.375 e. The quantitative estimate of drug-likeness (QED) is 0.873. The van der Waals surface area contributed by atoms with E-state index in [4.69, 9.17) is 5.73 Å². The molecule has 19 heavy (non-hydrogen) atoms. The van der Waals surface area contributed by atoms with Gasteiger partial charge in [0.2, 0.25) is 0 Å². The van der Waals surface area contributed by atoms with Gasteiger partial charge in [0.15, 0.2) is 5.13 Å². The molecule has 100 valence electrons. The Morgan fingerprint density at radius 3 is 2.79 bits per heavy atom. The third kappa shape index (κ3) is 3.72. The number of carbonyl (C=O) groups excluding carboxylic acids is 1. The van der Waals surface area contributed by atoms with Crippen LogP contribution in [0.5, 0.6) is 0 Å². The van der Waals surface area contributed by atoms with E-state index in [9.17, 15) is 4.79 Å². The predicted molar refractivity (Wildman–Crippen MR) is 74.1 cm³/mol. The average molecular weight is 277 g/mol. The van der Waals surface area contributed by atoms with Gasteiger partial charge in [0.05, 0.1) is 5.69 Å². The maximum absolute atomic E-state index is 11.9. The fourth-order valence-corrected chi connectivity index (χ4v) is 2.26. The van der Waals surface area contributed by atoms with E-state index in [1.807, 2.05) is 12.3 Å². The SMILES string of the molecule is Cc1cc(C(=O)NCCc2csc(N)n2)nc(C)n1. The molecular formula is C12H15N5OS. The first-order valence-electron chi connectivity index (χ1n) is 5.85. The maximum Gasteiger partial charge on any atom is 0.270 e.